The van der Waals surface area contributed by atoms with Crippen molar-refractivity contribution in [3.63, 3.8) is 0 Å². The smallest absolute Gasteiger partial charge is 0.410 e. The second-order valence-electron chi connectivity index (χ2n) is 4.42. The molecule has 1 saturated heterocycles. The number of likely N-dealkylation sites (tertiary alicyclic amines) is 1. The third-order valence-electron chi connectivity index (χ3n) is 3.04. The molecule has 2 unspecified atom stereocenters. The molecule has 5 nitrogen and oxygen atoms in total. The first-order valence-electron chi connectivity index (χ1n) is 6.97. The quantitative estimate of drug-likeness (QED) is 0.886. The predicted molar refractivity (Wildman–Crippen MR) is 76.2 cm³/mol. The Morgan fingerprint density at radius 2 is 2.00 bits per heavy atom. The van der Waals surface area contributed by atoms with Crippen LogP contribution in [0.5, 0.6) is 0 Å². The van der Waals surface area contributed by atoms with Crippen LogP contribution < -0.4 is 0 Å². The van der Waals surface area contributed by atoms with Crippen molar-refractivity contribution >= 4 is 6.09 Å². The van der Waals surface area contributed by atoms with E-state index in [0.29, 0.717) is 6.42 Å². The van der Waals surface area contributed by atoms with E-state index in [2.05, 4.69) is 0 Å². The summed E-state index contributed by atoms with van der Waals surface area (Å²) in [4.78, 5) is 13.2. The number of nitrogens with zero attached hydrogens (tertiary/aromatic N) is 1. The number of amides is 1. The van der Waals surface area contributed by atoms with E-state index in [1.165, 1.54) is 4.90 Å². The van der Waals surface area contributed by atoms with Crippen LogP contribution >= 0.6 is 0 Å². The molecule has 20 heavy (non-hydrogen) atoms. The average molecular weight is 281 g/mol. The van der Waals surface area contributed by atoms with Crippen LogP contribution in [0.4, 0.5) is 4.79 Å². The van der Waals surface area contributed by atoms with Gasteiger partial charge in [-0.05, 0) is 12.0 Å². The lowest BCUT2D eigenvalue weighted by Gasteiger charge is -2.21. The summed E-state index contributed by atoms with van der Waals surface area (Å²) in [6, 6.07) is 9.04. The normalized spacial score (nSPS) is 21.1. The molecule has 0 aromatic heterocycles. The topological polar surface area (TPSA) is 70.0 Å². The molecular formula is C15H23NO4. The molecule has 0 radical (unpaired) electrons. The minimum atomic E-state index is -0.577. The zero-order valence-electron chi connectivity index (χ0n) is 12.0. The van der Waals surface area contributed by atoms with Crippen molar-refractivity contribution in [3.05, 3.63) is 35.9 Å². The fourth-order valence-electron chi connectivity index (χ4n) is 2.09. The molecule has 0 spiro atoms. The molecule has 1 amide bonds. The standard InChI is InChI=1S/C13H17NO4.C2H6/c15-8-11-6-12(16)7-14(11)13(17)18-9-10-4-2-1-3-5-10;1-2/h1-5,11-12,15-16H,6-9H2;1-2H3. The number of hydrogen-bond donors (Lipinski definition) is 2. The molecule has 5 heteroatoms. The van der Waals surface area contributed by atoms with E-state index in [9.17, 15) is 9.90 Å². The van der Waals surface area contributed by atoms with Gasteiger partial charge in [0.15, 0.2) is 0 Å². The number of rotatable bonds is 3. The maximum atomic E-state index is 11.8. The summed E-state index contributed by atoms with van der Waals surface area (Å²) in [5.74, 6) is 0. The molecule has 1 aliphatic rings. The third-order valence-corrected chi connectivity index (χ3v) is 3.04. The summed E-state index contributed by atoms with van der Waals surface area (Å²) in [7, 11) is 0. The zero-order valence-corrected chi connectivity index (χ0v) is 12.0. The van der Waals surface area contributed by atoms with Crippen molar-refractivity contribution in [2.75, 3.05) is 13.2 Å². The number of carbonyl (C=O) groups excluding carboxylic acids is 1. The van der Waals surface area contributed by atoms with Gasteiger partial charge in [-0.2, -0.15) is 0 Å². The van der Waals surface area contributed by atoms with E-state index in [0.717, 1.165) is 5.56 Å². The number of hydrogen-bond acceptors (Lipinski definition) is 4. The molecule has 1 fully saturated rings. The van der Waals surface area contributed by atoms with Gasteiger partial charge in [-0.1, -0.05) is 44.2 Å². The fraction of sp³-hybridized carbons (Fsp3) is 0.533. The minimum absolute atomic E-state index is 0.155. The average Bonchev–Trinajstić information content (AvgIpc) is 2.89. The van der Waals surface area contributed by atoms with Gasteiger partial charge in [0.1, 0.15) is 6.61 Å². The maximum absolute atomic E-state index is 11.8. The van der Waals surface area contributed by atoms with E-state index >= 15 is 0 Å². The Morgan fingerprint density at radius 1 is 1.35 bits per heavy atom. The van der Waals surface area contributed by atoms with Crippen LogP contribution in [0, 0.1) is 0 Å². The number of carbonyl (C=O) groups is 1. The molecule has 2 atom stereocenters. The van der Waals surface area contributed by atoms with Crippen LogP contribution in [0.25, 0.3) is 0 Å². The fourth-order valence-corrected chi connectivity index (χ4v) is 2.09. The highest BCUT2D eigenvalue weighted by Gasteiger charge is 2.34. The largest absolute Gasteiger partial charge is 0.445 e. The zero-order chi connectivity index (χ0) is 15.0. The van der Waals surface area contributed by atoms with E-state index in [1.807, 2.05) is 44.2 Å². The van der Waals surface area contributed by atoms with E-state index < -0.39 is 12.2 Å². The lowest BCUT2D eigenvalue weighted by Crippen LogP contribution is -2.38. The first-order chi connectivity index (χ1) is 9.70. The Bertz CT molecular complexity index is 396. The Labute approximate surface area is 119 Å². The number of aliphatic hydroxyl groups excluding tert-OH is 2. The Kier molecular flexibility index (Phi) is 7.04. The van der Waals surface area contributed by atoms with Crippen LogP contribution in [0.2, 0.25) is 0 Å². The van der Waals surface area contributed by atoms with Crippen molar-refractivity contribution in [1.29, 1.82) is 0 Å². The number of ether oxygens (including phenoxy) is 1. The van der Waals surface area contributed by atoms with E-state index in [-0.39, 0.29) is 25.8 Å². The van der Waals surface area contributed by atoms with Crippen LogP contribution in [-0.4, -0.2) is 46.5 Å². The van der Waals surface area contributed by atoms with Crippen molar-refractivity contribution in [3.8, 4) is 0 Å². The Balaban J connectivity index is 0.000000956. The Morgan fingerprint density at radius 3 is 2.60 bits per heavy atom. The Hall–Kier alpha value is -1.59. The SMILES string of the molecule is CC.O=C(OCc1ccccc1)N1CC(O)CC1CO. The molecule has 1 aromatic carbocycles. The summed E-state index contributed by atoms with van der Waals surface area (Å²) in [6.45, 7) is 4.26. The van der Waals surface area contributed by atoms with Gasteiger partial charge in [-0.15, -0.1) is 0 Å². The van der Waals surface area contributed by atoms with Crippen molar-refractivity contribution in [1.82, 2.24) is 4.90 Å². The number of aliphatic hydroxyl groups is 2. The van der Waals surface area contributed by atoms with Gasteiger partial charge >= 0.3 is 6.09 Å². The van der Waals surface area contributed by atoms with E-state index in [4.69, 9.17) is 9.84 Å². The molecule has 2 N–H and O–H groups in total. The van der Waals surface area contributed by atoms with Crippen LogP contribution in [-0.2, 0) is 11.3 Å². The second-order valence-corrected chi connectivity index (χ2v) is 4.42. The summed E-state index contributed by atoms with van der Waals surface area (Å²) >= 11 is 0. The molecule has 2 rings (SSSR count). The molecule has 0 aliphatic carbocycles. The molecule has 1 aliphatic heterocycles. The second kappa shape index (κ2) is 8.55. The highest BCUT2D eigenvalue weighted by molar-refractivity contribution is 5.68. The van der Waals surface area contributed by atoms with Gasteiger partial charge in [-0.3, -0.25) is 0 Å². The summed E-state index contributed by atoms with van der Waals surface area (Å²) in [6.07, 6.45) is -0.669. The van der Waals surface area contributed by atoms with Crippen molar-refractivity contribution in [2.45, 2.75) is 39.0 Å². The van der Waals surface area contributed by atoms with Crippen molar-refractivity contribution in [2.24, 2.45) is 0 Å². The lowest BCUT2D eigenvalue weighted by atomic mass is 10.2. The molecule has 1 aromatic rings. The van der Waals surface area contributed by atoms with Crippen LogP contribution in [0.15, 0.2) is 30.3 Å². The number of β-amino-alcohol motifs (C(OH)–C–C–N with tert-alkyl or cyclic N) is 1. The van der Waals surface area contributed by atoms with Gasteiger partial charge in [0.2, 0.25) is 0 Å². The van der Waals surface area contributed by atoms with Gasteiger partial charge < -0.3 is 19.8 Å². The highest BCUT2D eigenvalue weighted by Crippen LogP contribution is 2.18. The van der Waals surface area contributed by atoms with Crippen LogP contribution in [0.3, 0.4) is 0 Å². The van der Waals surface area contributed by atoms with Gasteiger partial charge in [0.25, 0.3) is 0 Å². The van der Waals surface area contributed by atoms with Crippen LogP contribution in [0.1, 0.15) is 25.8 Å². The minimum Gasteiger partial charge on any atom is -0.445 e. The lowest BCUT2D eigenvalue weighted by molar-refractivity contribution is 0.0772. The summed E-state index contributed by atoms with van der Waals surface area (Å²) < 4.78 is 5.16. The molecular weight excluding hydrogens is 258 g/mol. The first kappa shape index (κ1) is 16.5. The third kappa shape index (κ3) is 4.51. The van der Waals surface area contributed by atoms with E-state index in [1.54, 1.807) is 0 Å². The van der Waals surface area contributed by atoms with Gasteiger partial charge in [0.05, 0.1) is 25.3 Å². The van der Waals surface area contributed by atoms with Gasteiger partial charge in [-0.25, -0.2) is 4.79 Å². The first-order valence-corrected chi connectivity index (χ1v) is 6.97. The molecule has 0 saturated carbocycles. The van der Waals surface area contributed by atoms with Crippen molar-refractivity contribution < 1.29 is 19.7 Å². The maximum Gasteiger partial charge on any atom is 0.410 e. The summed E-state index contributed by atoms with van der Waals surface area (Å²) in [5, 5.41) is 18.6. The predicted octanol–water partition coefficient (Wildman–Crippen LogP) is 1.78. The number of benzene rings is 1. The monoisotopic (exact) mass is 281 g/mol. The summed E-state index contributed by atoms with van der Waals surface area (Å²) in [5.41, 5.74) is 0.908. The molecule has 1 heterocycles. The highest BCUT2D eigenvalue weighted by atomic mass is 16.6. The van der Waals surface area contributed by atoms with Gasteiger partial charge in [0, 0.05) is 0 Å². The molecule has 112 valence electrons. The molecule has 0 bridgehead atoms.